The average Bonchev–Trinajstić information content (AvgIpc) is 2.66. The van der Waals surface area contributed by atoms with E-state index in [0.29, 0.717) is 0 Å². The summed E-state index contributed by atoms with van der Waals surface area (Å²) < 4.78 is 0. The first kappa shape index (κ1) is 31.1. The molecule has 3 N–H and O–H groups in total. The number of aliphatic carboxylic acids is 1. The Kier molecular flexibility index (Phi) is 25.0. The van der Waals surface area contributed by atoms with Crippen molar-refractivity contribution in [3.05, 3.63) is 0 Å². The zero-order valence-corrected chi connectivity index (χ0v) is 20.6. The van der Waals surface area contributed by atoms with E-state index in [1.54, 1.807) is 0 Å². The molecule has 0 aliphatic carbocycles. The quantitative estimate of drug-likeness (QED) is 0.220. The molecule has 0 heterocycles. The molecule has 30 heavy (non-hydrogen) atoms. The van der Waals surface area contributed by atoms with E-state index >= 15 is 0 Å². The summed E-state index contributed by atoms with van der Waals surface area (Å²) in [6, 6.07) is 0. The van der Waals surface area contributed by atoms with Gasteiger partial charge in [0.25, 0.3) is 5.97 Å². The predicted molar refractivity (Wildman–Crippen MR) is 129 cm³/mol. The fraction of sp³-hybridized carbons (Fsp3) is 0.920. The number of amides is 1. The van der Waals surface area contributed by atoms with Gasteiger partial charge >= 0.3 is 0 Å². The van der Waals surface area contributed by atoms with E-state index in [1.807, 2.05) is 0 Å². The van der Waals surface area contributed by atoms with Gasteiger partial charge in [-0.1, -0.05) is 96.8 Å². The molecule has 0 saturated heterocycles. The van der Waals surface area contributed by atoms with E-state index in [1.165, 1.54) is 83.5 Å². The van der Waals surface area contributed by atoms with Crippen LogP contribution in [0.5, 0.6) is 0 Å². The summed E-state index contributed by atoms with van der Waals surface area (Å²) in [5.41, 5.74) is 5.56. The van der Waals surface area contributed by atoms with Crippen molar-refractivity contribution in [2.24, 2.45) is 11.7 Å². The minimum Gasteiger partial charge on any atom is -0.481 e. The van der Waals surface area contributed by atoms with Crippen LogP contribution in [0.4, 0.5) is 0 Å². The first-order valence-corrected chi connectivity index (χ1v) is 12.4. The SMILES string of the molecule is CC(=O)O.CCCCCCCCCCCCCCCCC(CCCN(C)C)C(N)=O. The van der Waals surface area contributed by atoms with Crippen molar-refractivity contribution < 1.29 is 14.7 Å². The Morgan fingerprint density at radius 3 is 1.40 bits per heavy atom. The molecule has 0 fully saturated rings. The van der Waals surface area contributed by atoms with E-state index in [9.17, 15) is 4.79 Å². The van der Waals surface area contributed by atoms with Crippen LogP contribution in [0.3, 0.4) is 0 Å². The van der Waals surface area contributed by atoms with Crippen LogP contribution in [-0.4, -0.2) is 42.5 Å². The third-order valence-electron chi connectivity index (χ3n) is 5.47. The number of nitrogens with two attached hydrogens (primary N) is 1. The number of unbranched alkanes of at least 4 members (excludes halogenated alkanes) is 13. The highest BCUT2D eigenvalue weighted by atomic mass is 16.4. The van der Waals surface area contributed by atoms with Gasteiger partial charge < -0.3 is 15.7 Å². The Balaban J connectivity index is 0. The van der Waals surface area contributed by atoms with E-state index in [4.69, 9.17) is 15.6 Å². The number of carbonyl (C=O) groups is 2. The van der Waals surface area contributed by atoms with E-state index in [-0.39, 0.29) is 11.8 Å². The lowest BCUT2D eigenvalue weighted by Crippen LogP contribution is -2.24. The fourth-order valence-electron chi connectivity index (χ4n) is 3.67. The first-order valence-electron chi connectivity index (χ1n) is 12.4. The monoisotopic (exact) mass is 428 g/mol. The average molecular weight is 429 g/mol. The number of hydrogen-bond donors (Lipinski definition) is 2. The number of hydrogen-bond acceptors (Lipinski definition) is 3. The summed E-state index contributed by atoms with van der Waals surface area (Å²) in [5.74, 6) is -0.842. The molecule has 0 radical (unpaired) electrons. The zero-order valence-electron chi connectivity index (χ0n) is 20.6. The summed E-state index contributed by atoms with van der Waals surface area (Å²) in [7, 11) is 4.15. The van der Waals surface area contributed by atoms with Gasteiger partial charge in [0.15, 0.2) is 0 Å². The number of rotatable bonds is 20. The van der Waals surface area contributed by atoms with Gasteiger partial charge in [-0.25, -0.2) is 0 Å². The van der Waals surface area contributed by atoms with Crippen molar-refractivity contribution >= 4 is 11.9 Å². The Hall–Kier alpha value is -1.10. The minimum absolute atomic E-state index is 0.0901. The lowest BCUT2D eigenvalue weighted by atomic mass is 9.95. The van der Waals surface area contributed by atoms with Gasteiger partial charge in [-0.2, -0.15) is 0 Å². The predicted octanol–water partition coefficient (Wildman–Crippen LogP) is 6.39. The van der Waals surface area contributed by atoms with Crippen LogP contribution in [0.15, 0.2) is 0 Å². The van der Waals surface area contributed by atoms with Crippen LogP contribution in [0.2, 0.25) is 0 Å². The van der Waals surface area contributed by atoms with Crippen LogP contribution in [0.1, 0.15) is 123 Å². The van der Waals surface area contributed by atoms with Crippen LogP contribution in [-0.2, 0) is 9.59 Å². The topological polar surface area (TPSA) is 83.6 Å². The van der Waals surface area contributed by atoms with E-state index in [0.717, 1.165) is 39.2 Å². The number of carboxylic acids is 1. The van der Waals surface area contributed by atoms with Crippen LogP contribution < -0.4 is 5.73 Å². The number of primary amides is 1. The third kappa shape index (κ3) is 29.1. The second-order valence-corrected chi connectivity index (χ2v) is 8.95. The Bertz CT molecular complexity index is 383. The van der Waals surface area contributed by atoms with Crippen molar-refractivity contribution in [3.63, 3.8) is 0 Å². The molecule has 1 atom stereocenters. The van der Waals surface area contributed by atoms with E-state index < -0.39 is 5.97 Å². The molecule has 0 aliphatic rings. The van der Waals surface area contributed by atoms with Crippen molar-refractivity contribution in [2.45, 2.75) is 123 Å². The van der Waals surface area contributed by atoms with Gasteiger partial charge in [-0.05, 0) is 39.9 Å². The molecule has 0 aliphatic heterocycles. The molecule has 1 unspecified atom stereocenters. The molecule has 0 saturated carbocycles. The van der Waals surface area contributed by atoms with Crippen LogP contribution in [0, 0.1) is 5.92 Å². The molecule has 0 aromatic rings. The molecule has 0 aromatic heterocycles. The molecular formula is C25H52N2O3. The van der Waals surface area contributed by atoms with Crippen molar-refractivity contribution in [1.82, 2.24) is 4.90 Å². The second kappa shape index (κ2) is 24.2. The third-order valence-corrected chi connectivity index (χ3v) is 5.47. The zero-order chi connectivity index (χ0) is 23.0. The Labute approximate surface area is 187 Å². The fourth-order valence-corrected chi connectivity index (χ4v) is 3.67. The van der Waals surface area contributed by atoms with Gasteiger partial charge in [0.1, 0.15) is 0 Å². The van der Waals surface area contributed by atoms with Crippen molar-refractivity contribution in [3.8, 4) is 0 Å². The smallest absolute Gasteiger partial charge is 0.300 e. The Morgan fingerprint density at radius 2 is 1.07 bits per heavy atom. The minimum atomic E-state index is -0.833. The molecule has 1 amide bonds. The molecule has 0 rings (SSSR count). The molecule has 0 bridgehead atoms. The number of nitrogens with zero attached hydrogens (tertiary/aromatic N) is 1. The highest BCUT2D eigenvalue weighted by molar-refractivity contribution is 5.76. The van der Waals surface area contributed by atoms with Gasteiger partial charge in [0.2, 0.25) is 5.91 Å². The molecular weight excluding hydrogens is 376 g/mol. The summed E-state index contributed by atoms with van der Waals surface area (Å²) in [4.78, 5) is 22.7. The summed E-state index contributed by atoms with van der Waals surface area (Å²) in [6.45, 7) is 4.41. The molecule has 5 nitrogen and oxygen atoms in total. The maximum atomic E-state index is 11.5. The molecule has 0 spiro atoms. The summed E-state index contributed by atoms with van der Waals surface area (Å²) in [5, 5.41) is 7.42. The first-order chi connectivity index (χ1) is 14.3. The van der Waals surface area contributed by atoms with Gasteiger partial charge in [-0.3, -0.25) is 9.59 Å². The largest absolute Gasteiger partial charge is 0.481 e. The lowest BCUT2D eigenvalue weighted by molar-refractivity contribution is -0.134. The van der Waals surface area contributed by atoms with Crippen molar-refractivity contribution in [1.29, 1.82) is 0 Å². The number of carboxylic acid groups (broad SMARTS) is 1. The van der Waals surface area contributed by atoms with E-state index in [2.05, 4.69) is 25.9 Å². The molecule has 5 heteroatoms. The summed E-state index contributed by atoms with van der Waals surface area (Å²) in [6.07, 6.45) is 22.3. The number of carbonyl (C=O) groups excluding carboxylic acids is 1. The maximum Gasteiger partial charge on any atom is 0.300 e. The summed E-state index contributed by atoms with van der Waals surface area (Å²) >= 11 is 0. The van der Waals surface area contributed by atoms with Crippen molar-refractivity contribution in [2.75, 3.05) is 20.6 Å². The highest BCUT2D eigenvalue weighted by Crippen LogP contribution is 2.17. The standard InChI is InChI=1S/C23H48N2O.C2H4O2/c1-4-5-6-7-8-9-10-11-12-13-14-15-16-17-19-22(23(24)26)20-18-21-25(2)3;1-2(3)4/h22H,4-21H2,1-3H3,(H2,24,26);1H3,(H,3,4). The maximum absolute atomic E-state index is 11.5. The Morgan fingerprint density at radius 1 is 0.733 bits per heavy atom. The molecule has 0 aromatic carbocycles. The van der Waals surface area contributed by atoms with Crippen LogP contribution >= 0.6 is 0 Å². The normalized spacial score (nSPS) is 11.8. The van der Waals surface area contributed by atoms with Gasteiger partial charge in [-0.15, -0.1) is 0 Å². The van der Waals surface area contributed by atoms with Crippen LogP contribution in [0.25, 0.3) is 0 Å². The second-order valence-electron chi connectivity index (χ2n) is 8.95. The molecule has 180 valence electrons. The van der Waals surface area contributed by atoms with Gasteiger partial charge in [0.05, 0.1) is 0 Å². The lowest BCUT2D eigenvalue weighted by Gasteiger charge is -2.15. The highest BCUT2D eigenvalue weighted by Gasteiger charge is 2.14. The van der Waals surface area contributed by atoms with Gasteiger partial charge in [0, 0.05) is 12.8 Å².